The Morgan fingerprint density at radius 2 is 2.21 bits per heavy atom. The van der Waals surface area contributed by atoms with Crippen molar-refractivity contribution >= 4 is 17.7 Å². The summed E-state index contributed by atoms with van der Waals surface area (Å²) in [6.07, 6.45) is 4.02. The third kappa shape index (κ3) is 3.92. The summed E-state index contributed by atoms with van der Waals surface area (Å²) >= 11 is 1.68. The fraction of sp³-hybridized carbons (Fsp3) is 0.833. The molecule has 0 aromatic carbocycles. The Morgan fingerprint density at radius 1 is 1.47 bits per heavy atom. The molecule has 1 aromatic rings. The van der Waals surface area contributed by atoms with E-state index < -0.39 is 0 Å². The van der Waals surface area contributed by atoms with Crippen molar-refractivity contribution in [2.75, 3.05) is 5.75 Å². The highest BCUT2D eigenvalue weighted by Crippen LogP contribution is 2.30. The maximum absolute atomic E-state index is 11.9. The molecule has 1 saturated carbocycles. The first kappa shape index (κ1) is 14.3. The molecule has 2 N–H and O–H groups in total. The first-order valence-electron chi connectivity index (χ1n) is 6.86. The number of aromatic amines is 1. The fourth-order valence-corrected chi connectivity index (χ4v) is 3.20. The maximum Gasteiger partial charge on any atom is 0.233 e. The van der Waals surface area contributed by atoms with E-state index in [1.807, 2.05) is 6.92 Å². The molecule has 0 spiro atoms. The van der Waals surface area contributed by atoms with E-state index in [-0.39, 0.29) is 11.2 Å². The summed E-state index contributed by atoms with van der Waals surface area (Å²) in [7, 11) is 0. The molecule has 1 heterocycles. The Morgan fingerprint density at radius 3 is 2.79 bits per heavy atom. The van der Waals surface area contributed by atoms with Crippen LogP contribution in [0.15, 0.2) is 0 Å². The van der Waals surface area contributed by atoms with Crippen molar-refractivity contribution in [1.82, 2.24) is 25.9 Å². The Hall–Kier alpha value is -1.11. The van der Waals surface area contributed by atoms with Crippen molar-refractivity contribution in [1.29, 1.82) is 0 Å². The zero-order chi connectivity index (χ0) is 13.7. The molecule has 19 heavy (non-hydrogen) atoms. The fourth-order valence-electron chi connectivity index (χ4n) is 2.48. The lowest BCUT2D eigenvalue weighted by molar-refractivity contribution is -0.121. The van der Waals surface area contributed by atoms with Crippen molar-refractivity contribution in [3.63, 3.8) is 0 Å². The Labute approximate surface area is 117 Å². The Balaban J connectivity index is 1.76. The summed E-state index contributed by atoms with van der Waals surface area (Å²) in [4.78, 5) is 11.9. The van der Waals surface area contributed by atoms with E-state index in [1.54, 1.807) is 11.8 Å². The van der Waals surface area contributed by atoms with Crippen molar-refractivity contribution in [2.24, 2.45) is 0 Å². The van der Waals surface area contributed by atoms with Gasteiger partial charge < -0.3 is 5.32 Å². The van der Waals surface area contributed by atoms with Gasteiger partial charge in [-0.25, -0.2) is 0 Å². The van der Waals surface area contributed by atoms with Crippen molar-refractivity contribution in [2.45, 2.75) is 56.7 Å². The zero-order valence-corrected chi connectivity index (χ0v) is 12.2. The minimum atomic E-state index is 0.0416. The summed E-state index contributed by atoms with van der Waals surface area (Å²) in [5.41, 5.74) is 0. The van der Waals surface area contributed by atoms with E-state index in [0.29, 0.717) is 12.0 Å². The average Bonchev–Trinajstić information content (AvgIpc) is 2.94. The highest BCUT2D eigenvalue weighted by Gasteiger charge is 2.26. The van der Waals surface area contributed by atoms with E-state index in [1.165, 1.54) is 0 Å². The Kier molecular flexibility index (Phi) is 5.18. The van der Waals surface area contributed by atoms with Crippen LogP contribution in [0.4, 0.5) is 0 Å². The van der Waals surface area contributed by atoms with Gasteiger partial charge in [-0.2, -0.15) is 5.21 Å². The third-order valence-corrected chi connectivity index (χ3v) is 4.63. The first-order chi connectivity index (χ1) is 9.20. The van der Waals surface area contributed by atoms with Gasteiger partial charge in [-0.15, -0.1) is 22.0 Å². The number of nitrogens with zero attached hydrogens (tertiary/aromatic N) is 3. The second-order valence-corrected chi connectivity index (χ2v) is 6.54. The van der Waals surface area contributed by atoms with Gasteiger partial charge in [-0.05, 0) is 38.4 Å². The molecular weight excluding hydrogens is 262 g/mol. The SMILES string of the molecule is CCSC(C)C(=O)NC1CCC(c2nn[nH]n2)CC1. The molecular formula is C12H21N5OS. The van der Waals surface area contributed by atoms with Gasteiger partial charge >= 0.3 is 0 Å². The predicted octanol–water partition coefficient (Wildman–Crippen LogP) is 1.48. The molecule has 1 unspecified atom stereocenters. The van der Waals surface area contributed by atoms with Crippen molar-refractivity contribution in [3.05, 3.63) is 5.82 Å². The molecule has 1 aliphatic carbocycles. The number of carbonyl (C=O) groups excluding carboxylic acids is 1. The third-order valence-electron chi connectivity index (χ3n) is 3.59. The van der Waals surface area contributed by atoms with Gasteiger partial charge in [-0.3, -0.25) is 4.79 Å². The molecule has 0 aliphatic heterocycles. The molecule has 7 heteroatoms. The predicted molar refractivity (Wildman–Crippen MR) is 74.9 cm³/mol. The minimum Gasteiger partial charge on any atom is -0.352 e. The van der Waals surface area contributed by atoms with Gasteiger partial charge in [0, 0.05) is 12.0 Å². The number of amides is 1. The highest BCUT2D eigenvalue weighted by molar-refractivity contribution is 8.00. The van der Waals surface area contributed by atoms with Crippen LogP contribution in [0.2, 0.25) is 0 Å². The average molecular weight is 283 g/mol. The number of hydrogen-bond acceptors (Lipinski definition) is 5. The van der Waals surface area contributed by atoms with Gasteiger partial charge in [0.05, 0.1) is 5.25 Å². The standard InChI is InChI=1S/C12H21N5OS/c1-3-19-8(2)12(18)13-10-6-4-9(5-7-10)11-14-16-17-15-11/h8-10H,3-7H2,1-2H3,(H,13,18)(H,14,15,16,17). The van der Waals surface area contributed by atoms with Crippen LogP contribution in [-0.4, -0.2) is 43.6 Å². The summed E-state index contributed by atoms with van der Waals surface area (Å²) in [5, 5.41) is 17.4. The number of tetrazole rings is 1. The van der Waals surface area contributed by atoms with Crippen LogP contribution >= 0.6 is 11.8 Å². The van der Waals surface area contributed by atoms with E-state index in [9.17, 15) is 4.79 Å². The van der Waals surface area contributed by atoms with E-state index in [0.717, 1.165) is 37.3 Å². The Bertz CT molecular complexity index is 389. The lowest BCUT2D eigenvalue weighted by Crippen LogP contribution is -2.41. The van der Waals surface area contributed by atoms with Crippen LogP contribution in [0, 0.1) is 0 Å². The van der Waals surface area contributed by atoms with Crippen molar-refractivity contribution < 1.29 is 4.79 Å². The van der Waals surface area contributed by atoms with Crippen LogP contribution in [0.1, 0.15) is 51.3 Å². The highest BCUT2D eigenvalue weighted by atomic mass is 32.2. The molecule has 6 nitrogen and oxygen atoms in total. The molecule has 106 valence electrons. The van der Waals surface area contributed by atoms with Gasteiger partial charge in [0.25, 0.3) is 0 Å². The molecule has 1 aliphatic rings. The molecule has 0 bridgehead atoms. The normalized spacial score (nSPS) is 24.9. The first-order valence-corrected chi connectivity index (χ1v) is 7.91. The van der Waals surface area contributed by atoms with E-state index in [4.69, 9.17) is 0 Å². The summed E-state index contributed by atoms with van der Waals surface area (Å²) in [6, 6.07) is 0.301. The summed E-state index contributed by atoms with van der Waals surface area (Å²) in [5.74, 6) is 2.32. The van der Waals surface area contributed by atoms with E-state index >= 15 is 0 Å². The quantitative estimate of drug-likeness (QED) is 0.855. The lowest BCUT2D eigenvalue weighted by atomic mass is 9.85. The second kappa shape index (κ2) is 6.88. The monoisotopic (exact) mass is 283 g/mol. The molecule has 1 fully saturated rings. The van der Waals surface area contributed by atoms with Gasteiger partial charge in [0.15, 0.2) is 5.82 Å². The van der Waals surface area contributed by atoms with Gasteiger partial charge in [0.1, 0.15) is 0 Å². The molecule has 0 radical (unpaired) electrons. The maximum atomic E-state index is 11.9. The smallest absolute Gasteiger partial charge is 0.233 e. The number of rotatable bonds is 5. The molecule has 1 amide bonds. The van der Waals surface area contributed by atoms with Crippen molar-refractivity contribution in [3.8, 4) is 0 Å². The van der Waals surface area contributed by atoms with E-state index in [2.05, 4.69) is 32.9 Å². The zero-order valence-electron chi connectivity index (χ0n) is 11.4. The molecule has 1 atom stereocenters. The van der Waals surface area contributed by atoms with Crippen LogP contribution in [0.3, 0.4) is 0 Å². The molecule has 1 aromatic heterocycles. The number of thioether (sulfide) groups is 1. The second-order valence-electron chi connectivity index (χ2n) is 4.92. The number of carbonyl (C=O) groups is 1. The number of hydrogen-bond donors (Lipinski definition) is 2. The minimum absolute atomic E-state index is 0.0416. The van der Waals surface area contributed by atoms with Crippen LogP contribution in [0.25, 0.3) is 0 Å². The lowest BCUT2D eigenvalue weighted by Gasteiger charge is -2.28. The van der Waals surface area contributed by atoms with Crippen LogP contribution in [-0.2, 0) is 4.79 Å². The number of aromatic nitrogens is 4. The number of H-pyrrole nitrogens is 1. The number of nitrogens with one attached hydrogen (secondary N) is 2. The summed E-state index contributed by atoms with van der Waals surface area (Å²) < 4.78 is 0. The molecule has 2 rings (SSSR count). The largest absolute Gasteiger partial charge is 0.352 e. The van der Waals surface area contributed by atoms with Gasteiger partial charge in [0.2, 0.25) is 5.91 Å². The van der Waals surface area contributed by atoms with Crippen LogP contribution in [0.5, 0.6) is 0 Å². The topological polar surface area (TPSA) is 83.6 Å². The summed E-state index contributed by atoms with van der Waals surface area (Å²) in [6.45, 7) is 4.04. The van der Waals surface area contributed by atoms with Gasteiger partial charge in [-0.1, -0.05) is 12.1 Å². The van der Waals surface area contributed by atoms with Crippen LogP contribution < -0.4 is 5.32 Å². The molecule has 0 saturated heterocycles.